The molecule has 0 aliphatic heterocycles. The van der Waals surface area contributed by atoms with Gasteiger partial charge in [0.2, 0.25) is 0 Å². The maximum Gasteiger partial charge on any atom is 0.0817 e. The van der Waals surface area contributed by atoms with Crippen molar-refractivity contribution in [2.24, 2.45) is 0 Å². The highest BCUT2D eigenvalue weighted by Crippen LogP contribution is 2.16. The SMILES string of the molecule is COCCNCCCc1c(Cl)cnn1CCN(C)C. The van der Waals surface area contributed by atoms with Gasteiger partial charge in [-0.2, -0.15) is 5.10 Å². The molecule has 110 valence electrons. The van der Waals surface area contributed by atoms with E-state index in [1.54, 1.807) is 13.3 Å². The van der Waals surface area contributed by atoms with E-state index < -0.39 is 0 Å². The zero-order valence-electron chi connectivity index (χ0n) is 12.2. The van der Waals surface area contributed by atoms with Crippen LogP contribution in [0.3, 0.4) is 0 Å². The molecule has 0 amide bonds. The number of nitrogens with zero attached hydrogens (tertiary/aromatic N) is 3. The first-order valence-corrected chi connectivity index (χ1v) is 7.07. The Hall–Kier alpha value is -0.620. The first-order chi connectivity index (χ1) is 9.15. The van der Waals surface area contributed by atoms with E-state index in [1.165, 1.54) is 0 Å². The molecular formula is C13H25ClN4O. The minimum Gasteiger partial charge on any atom is -0.383 e. The summed E-state index contributed by atoms with van der Waals surface area (Å²) in [5.41, 5.74) is 1.14. The number of rotatable bonds is 10. The first-order valence-electron chi connectivity index (χ1n) is 6.69. The van der Waals surface area contributed by atoms with E-state index in [0.29, 0.717) is 0 Å². The fraction of sp³-hybridized carbons (Fsp3) is 0.769. The number of aromatic nitrogens is 2. The third-order valence-corrected chi connectivity index (χ3v) is 3.22. The molecule has 1 aromatic rings. The van der Waals surface area contributed by atoms with Gasteiger partial charge in [-0.1, -0.05) is 11.6 Å². The molecule has 0 atom stereocenters. The average Bonchev–Trinajstić information content (AvgIpc) is 2.72. The van der Waals surface area contributed by atoms with Gasteiger partial charge in [0, 0.05) is 20.2 Å². The highest BCUT2D eigenvalue weighted by molar-refractivity contribution is 6.31. The van der Waals surface area contributed by atoms with E-state index in [2.05, 4.69) is 29.4 Å². The number of nitrogens with one attached hydrogen (secondary N) is 1. The van der Waals surface area contributed by atoms with Crippen molar-refractivity contribution in [3.63, 3.8) is 0 Å². The Morgan fingerprint density at radius 3 is 2.89 bits per heavy atom. The highest BCUT2D eigenvalue weighted by atomic mass is 35.5. The summed E-state index contributed by atoms with van der Waals surface area (Å²) in [6, 6.07) is 0. The summed E-state index contributed by atoms with van der Waals surface area (Å²) in [7, 11) is 5.83. The molecule has 1 heterocycles. The van der Waals surface area contributed by atoms with Gasteiger partial charge in [-0.05, 0) is 33.5 Å². The summed E-state index contributed by atoms with van der Waals surface area (Å²) in [4.78, 5) is 2.14. The van der Waals surface area contributed by atoms with Crippen molar-refractivity contribution in [1.29, 1.82) is 0 Å². The molecular weight excluding hydrogens is 264 g/mol. The fourth-order valence-electron chi connectivity index (χ4n) is 1.80. The fourth-order valence-corrected chi connectivity index (χ4v) is 2.04. The summed E-state index contributed by atoms with van der Waals surface area (Å²) >= 11 is 6.19. The Bertz CT molecular complexity index is 354. The van der Waals surface area contributed by atoms with Crippen molar-refractivity contribution in [2.75, 3.05) is 47.4 Å². The molecule has 1 rings (SSSR count). The highest BCUT2D eigenvalue weighted by Gasteiger charge is 2.08. The molecule has 0 saturated heterocycles. The van der Waals surface area contributed by atoms with E-state index in [9.17, 15) is 0 Å². The van der Waals surface area contributed by atoms with Crippen molar-refractivity contribution < 1.29 is 4.74 Å². The third kappa shape index (κ3) is 6.38. The topological polar surface area (TPSA) is 42.3 Å². The molecule has 6 heteroatoms. The molecule has 0 fully saturated rings. The van der Waals surface area contributed by atoms with Gasteiger partial charge in [0.15, 0.2) is 0 Å². The molecule has 0 spiro atoms. The van der Waals surface area contributed by atoms with Crippen LogP contribution in [0.2, 0.25) is 5.02 Å². The van der Waals surface area contributed by atoms with E-state index in [4.69, 9.17) is 16.3 Å². The standard InChI is InChI=1S/C13H25ClN4O/c1-17(2)8-9-18-13(12(14)11-16-18)5-4-6-15-7-10-19-3/h11,15H,4-10H2,1-3H3. The lowest BCUT2D eigenvalue weighted by molar-refractivity contribution is 0.199. The van der Waals surface area contributed by atoms with Gasteiger partial charge in [0.1, 0.15) is 0 Å². The molecule has 5 nitrogen and oxygen atoms in total. The molecule has 19 heavy (non-hydrogen) atoms. The molecule has 0 aliphatic rings. The van der Waals surface area contributed by atoms with Crippen LogP contribution in [0.4, 0.5) is 0 Å². The molecule has 0 aromatic carbocycles. The second-order valence-electron chi connectivity index (χ2n) is 4.81. The second kappa shape index (κ2) is 9.31. The van der Waals surface area contributed by atoms with Crippen LogP contribution in [-0.4, -0.2) is 62.1 Å². The number of halogens is 1. The van der Waals surface area contributed by atoms with Crippen LogP contribution >= 0.6 is 11.6 Å². The van der Waals surface area contributed by atoms with Crippen LogP contribution in [0.5, 0.6) is 0 Å². The Labute approximate surface area is 120 Å². The van der Waals surface area contributed by atoms with Crippen LogP contribution in [0.1, 0.15) is 12.1 Å². The molecule has 0 bridgehead atoms. The Morgan fingerprint density at radius 2 is 2.21 bits per heavy atom. The van der Waals surface area contributed by atoms with Crippen molar-refractivity contribution in [2.45, 2.75) is 19.4 Å². The summed E-state index contributed by atoms with van der Waals surface area (Å²) in [6.07, 6.45) is 3.74. The third-order valence-electron chi connectivity index (χ3n) is 2.91. The van der Waals surface area contributed by atoms with Crippen LogP contribution in [0.15, 0.2) is 6.20 Å². The zero-order chi connectivity index (χ0) is 14.1. The van der Waals surface area contributed by atoms with Gasteiger partial charge in [-0.25, -0.2) is 0 Å². The van der Waals surface area contributed by atoms with Crippen LogP contribution in [-0.2, 0) is 17.7 Å². The molecule has 0 aliphatic carbocycles. The van der Waals surface area contributed by atoms with Gasteiger partial charge in [-0.3, -0.25) is 4.68 Å². The average molecular weight is 289 g/mol. The number of hydrogen-bond acceptors (Lipinski definition) is 4. The normalized spacial score (nSPS) is 11.4. The summed E-state index contributed by atoms with van der Waals surface area (Å²) < 4.78 is 7.00. The summed E-state index contributed by atoms with van der Waals surface area (Å²) in [6.45, 7) is 4.47. The molecule has 1 N–H and O–H groups in total. The zero-order valence-corrected chi connectivity index (χ0v) is 12.9. The van der Waals surface area contributed by atoms with Crippen LogP contribution in [0, 0.1) is 0 Å². The Morgan fingerprint density at radius 1 is 1.42 bits per heavy atom. The van der Waals surface area contributed by atoms with Crippen molar-refractivity contribution in [3.05, 3.63) is 16.9 Å². The van der Waals surface area contributed by atoms with Crippen LogP contribution in [0.25, 0.3) is 0 Å². The van der Waals surface area contributed by atoms with Gasteiger partial charge >= 0.3 is 0 Å². The lowest BCUT2D eigenvalue weighted by Crippen LogP contribution is -2.22. The number of hydrogen-bond donors (Lipinski definition) is 1. The Balaban J connectivity index is 2.33. The summed E-state index contributed by atoms with van der Waals surface area (Å²) in [5, 5.41) is 8.44. The smallest absolute Gasteiger partial charge is 0.0817 e. The quantitative estimate of drug-likeness (QED) is 0.659. The number of methoxy groups -OCH3 is 1. The van der Waals surface area contributed by atoms with Gasteiger partial charge in [-0.15, -0.1) is 0 Å². The summed E-state index contributed by atoms with van der Waals surface area (Å²) in [5.74, 6) is 0. The maximum absolute atomic E-state index is 6.19. The minimum absolute atomic E-state index is 0.752. The van der Waals surface area contributed by atoms with Crippen molar-refractivity contribution >= 4 is 11.6 Å². The molecule has 0 saturated carbocycles. The number of likely N-dealkylation sites (N-methyl/N-ethyl adjacent to an activating group) is 1. The van der Waals surface area contributed by atoms with Crippen molar-refractivity contribution in [1.82, 2.24) is 20.0 Å². The Kier molecular flexibility index (Phi) is 8.05. The largest absolute Gasteiger partial charge is 0.383 e. The minimum atomic E-state index is 0.752. The van der Waals surface area contributed by atoms with Gasteiger partial charge in [0.05, 0.1) is 30.1 Å². The predicted octanol–water partition coefficient (Wildman–Crippen LogP) is 1.27. The first kappa shape index (κ1) is 16.4. The molecule has 0 radical (unpaired) electrons. The predicted molar refractivity (Wildman–Crippen MR) is 78.9 cm³/mol. The van der Waals surface area contributed by atoms with Gasteiger partial charge < -0.3 is 15.0 Å². The number of ether oxygens (including phenoxy) is 1. The van der Waals surface area contributed by atoms with E-state index in [0.717, 1.165) is 56.3 Å². The van der Waals surface area contributed by atoms with Gasteiger partial charge in [0.25, 0.3) is 0 Å². The monoisotopic (exact) mass is 288 g/mol. The van der Waals surface area contributed by atoms with E-state index >= 15 is 0 Å². The molecule has 0 unspecified atom stereocenters. The molecule has 1 aromatic heterocycles. The van der Waals surface area contributed by atoms with E-state index in [1.807, 2.05) is 4.68 Å². The van der Waals surface area contributed by atoms with E-state index in [-0.39, 0.29) is 0 Å². The second-order valence-corrected chi connectivity index (χ2v) is 5.22. The van der Waals surface area contributed by atoms with Crippen LogP contribution < -0.4 is 5.32 Å². The lowest BCUT2D eigenvalue weighted by Gasteiger charge is -2.12. The van der Waals surface area contributed by atoms with Crippen molar-refractivity contribution in [3.8, 4) is 0 Å². The maximum atomic E-state index is 6.19. The lowest BCUT2D eigenvalue weighted by atomic mass is 10.2.